The van der Waals surface area contributed by atoms with Crippen LogP contribution >= 0.6 is 0 Å². The van der Waals surface area contributed by atoms with Crippen LogP contribution < -0.4 is 0 Å². The number of benzene rings is 1. The highest BCUT2D eigenvalue weighted by Crippen LogP contribution is 2.18. The Kier molecular flexibility index (Phi) is 5.25. The van der Waals surface area contributed by atoms with E-state index >= 15 is 0 Å². The Morgan fingerprint density at radius 3 is 2.62 bits per heavy atom. The van der Waals surface area contributed by atoms with Crippen LogP contribution in [-0.4, -0.2) is 29.0 Å². The average molecular weight is 289 g/mol. The monoisotopic (exact) mass is 289 g/mol. The van der Waals surface area contributed by atoms with E-state index in [9.17, 15) is 19.7 Å². The van der Waals surface area contributed by atoms with Crippen LogP contribution in [0.2, 0.25) is 0 Å². The molecule has 0 fully saturated rings. The highest BCUT2D eigenvalue weighted by molar-refractivity contribution is 6.06. The van der Waals surface area contributed by atoms with Gasteiger partial charge in [0, 0.05) is 11.8 Å². The first-order valence-electron chi connectivity index (χ1n) is 5.76. The maximum atomic E-state index is 11.7. The van der Waals surface area contributed by atoms with Crippen molar-refractivity contribution in [3.63, 3.8) is 0 Å². The predicted octanol–water partition coefficient (Wildman–Crippen LogP) is 1.50. The van der Waals surface area contributed by atoms with Crippen LogP contribution in [0.4, 0.5) is 5.69 Å². The molecule has 1 unspecified atom stereocenters. The molecule has 0 radical (unpaired) electrons. The van der Waals surface area contributed by atoms with E-state index in [0.29, 0.717) is 0 Å². The van der Waals surface area contributed by atoms with Crippen molar-refractivity contribution in [3.8, 4) is 6.07 Å². The molecule has 0 amide bonds. The van der Waals surface area contributed by atoms with E-state index in [-0.39, 0.29) is 11.3 Å². The molecular formula is C13H11N3O5. The molecule has 1 N–H and O–H groups in total. The van der Waals surface area contributed by atoms with Crippen molar-refractivity contribution in [1.82, 2.24) is 0 Å². The Morgan fingerprint density at radius 1 is 1.48 bits per heavy atom. The summed E-state index contributed by atoms with van der Waals surface area (Å²) in [7, 11) is 0. The van der Waals surface area contributed by atoms with Crippen molar-refractivity contribution in [2.45, 2.75) is 6.92 Å². The number of nitrogens with one attached hydrogen (secondary N) is 1. The molecule has 0 aromatic heterocycles. The van der Waals surface area contributed by atoms with Crippen molar-refractivity contribution < 1.29 is 19.2 Å². The summed E-state index contributed by atoms with van der Waals surface area (Å²) in [5.41, 5.74) is -0.880. The zero-order valence-electron chi connectivity index (χ0n) is 11.0. The number of nitriles is 1. The summed E-state index contributed by atoms with van der Waals surface area (Å²) in [6, 6.07) is 6.78. The van der Waals surface area contributed by atoms with Gasteiger partial charge in [-0.25, -0.2) is 4.79 Å². The number of carbonyl (C=O) groups is 2. The SMILES string of the molecule is CC(=N)C(C#N)C(=O)COC(=O)c1ccccc1[N+](=O)[O-]. The number of Topliss-reactive ketones (excluding diaryl/α,β-unsaturated/α-hetero) is 1. The van der Waals surface area contributed by atoms with Gasteiger partial charge >= 0.3 is 5.97 Å². The smallest absolute Gasteiger partial charge is 0.345 e. The molecule has 0 aliphatic carbocycles. The number of carbonyl (C=O) groups excluding carboxylic acids is 2. The molecule has 8 heteroatoms. The topological polar surface area (TPSA) is 134 Å². The van der Waals surface area contributed by atoms with Crippen molar-refractivity contribution in [2.24, 2.45) is 5.92 Å². The van der Waals surface area contributed by atoms with Gasteiger partial charge in [0.1, 0.15) is 11.5 Å². The van der Waals surface area contributed by atoms with Gasteiger partial charge in [-0.05, 0) is 13.0 Å². The van der Waals surface area contributed by atoms with E-state index in [4.69, 9.17) is 10.7 Å². The Bertz CT molecular complexity index is 647. The number of ketones is 1. The summed E-state index contributed by atoms with van der Waals surface area (Å²) >= 11 is 0. The first-order valence-corrected chi connectivity index (χ1v) is 5.76. The van der Waals surface area contributed by atoms with Gasteiger partial charge in [-0.2, -0.15) is 5.26 Å². The summed E-state index contributed by atoms with van der Waals surface area (Å²) in [5.74, 6) is -3.07. The van der Waals surface area contributed by atoms with Crippen molar-refractivity contribution in [2.75, 3.05) is 6.61 Å². The van der Waals surface area contributed by atoms with E-state index < -0.39 is 34.9 Å². The predicted molar refractivity (Wildman–Crippen MR) is 70.9 cm³/mol. The lowest BCUT2D eigenvalue weighted by Gasteiger charge is -2.07. The summed E-state index contributed by atoms with van der Waals surface area (Å²) in [4.78, 5) is 33.4. The molecule has 0 saturated carbocycles. The fraction of sp³-hybridized carbons (Fsp3) is 0.231. The Balaban J connectivity index is 2.80. The summed E-state index contributed by atoms with van der Waals surface area (Å²) in [6.45, 7) is 0.564. The maximum absolute atomic E-state index is 11.7. The zero-order chi connectivity index (χ0) is 16.0. The molecule has 21 heavy (non-hydrogen) atoms. The van der Waals surface area contributed by atoms with Gasteiger partial charge < -0.3 is 10.1 Å². The van der Waals surface area contributed by atoms with Crippen LogP contribution in [0.1, 0.15) is 17.3 Å². The van der Waals surface area contributed by atoms with Crippen LogP contribution in [0.15, 0.2) is 24.3 Å². The Hall–Kier alpha value is -3.08. The number of hydrogen-bond acceptors (Lipinski definition) is 7. The molecule has 1 rings (SSSR count). The summed E-state index contributed by atoms with van der Waals surface area (Å²) in [5, 5.41) is 26.7. The van der Waals surface area contributed by atoms with E-state index in [1.165, 1.54) is 25.1 Å². The molecule has 0 aliphatic rings. The number of esters is 1. The third-order valence-corrected chi connectivity index (χ3v) is 2.55. The fourth-order valence-electron chi connectivity index (χ4n) is 1.51. The lowest BCUT2D eigenvalue weighted by molar-refractivity contribution is -0.385. The van der Waals surface area contributed by atoms with Gasteiger partial charge in [0.2, 0.25) is 0 Å². The minimum Gasteiger partial charge on any atom is -0.454 e. The molecule has 0 aliphatic heterocycles. The molecular weight excluding hydrogens is 278 g/mol. The van der Waals surface area contributed by atoms with Gasteiger partial charge in [-0.3, -0.25) is 14.9 Å². The van der Waals surface area contributed by atoms with Gasteiger partial charge in [0.15, 0.2) is 12.4 Å². The van der Waals surface area contributed by atoms with E-state index in [1.807, 2.05) is 0 Å². The van der Waals surface area contributed by atoms with E-state index in [1.54, 1.807) is 6.07 Å². The second kappa shape index (κ2) is 6.91. The second-order valence-electron chi connectivity index (χ2n) is 4.06. The van der Waals surface area contributed by atoms with Gasteiger partial charge in [0.05, 0.1) is 11.0 Å². The number of nitro benzene ring substituents is 1. The lowest BCUT2D eigenvalue weighted by Crippen LogP contribution is -2.25. The minimum absolute atomic E-state index is 0.163. The van der Waals surface area contributed by atoms with Crippen LogP contribution in [0.5, 0.6) is 0 Å². The highest BCUT2D eigenvalue weighted by atomic mass is 16.6. The lowest BCUT2D eigenvalue weighted by atomic mass is 10.0. The first kappa shape index (κ1) is 16.0. The Morgan fingerprint density at radius 2 is 2.10 bits per heavy atom. The molecule has 8 nitrogen and oxygen atoms in total. The summed E-state index contributed by atoms with van der Waals surface area (Å²) < 4.78 is 4.67. The maximum Gasteiger partial charge on any atom is 0.345 e. The molecule has 0 heterocycles. The van der Waals surface area contributed by atoms with Crippen LogP contribution in [0.3, 0.4) is 0 Å². The van der Waals surface area contributed by atoms with Gasteiger partial charge in [-0.15, -0.1) is 0 Å². The molecule has 0 saturated heterocycles. The van der Waals surface area contributed by atoms with E-state index in [0.717, 1.165) is 6.07 Å². The molecule has 108 valence electrons. The summed E-state index contributed by atoms with van der Waals surface area (Å²) in [6.07, 6.45) is 0. The average Bonchev–Trinajstić information content (AvgIpc) is 2.45. The van der Waals surface area contributed by atoms with Crippen molar-refractivity contribution in [1.29, 1.82) is 10.7 Å². The van der Waals surface area contributed by atoms with Crippen molar-refractivity contribution >= 4 is 23.2 Å². The Labute approximate surface area is 119 Å². The van der Waals surface area contributed by atoms with Crippen LogP contribution in [0, 0.1) is 32.8 Å². The number of ether oxygens (including phenoxy) is 1. The number of nitro groups is 1. The largest absolute Gasteiger partial charge is 0.454 e. The molecule has 0 bridgehead atoms. The van der Waals surface area contributed by atoms with Gasteiger partial charge in [-0.1, -0.05) is 12.1 Å². The first-order chi connectivity index (χ1) is 9.88. The van der Waals surface area contributed by atoms with Crippen LogP contribution in [-0.2, 0) is 9.53 Å². The number of nitrogens with zero attached hydrogens (tertiary/aromatic N) is 2. The second-order valence-corrected chi connectivity index (χ2v) is 4.06. The number of hydrogen-bond donors (Lipinski definition) is 1. The minimum atomic E-state index is -1.29. The third kappa shape index (κ3) is 3.94. The molecule has 1 atom stereocenters. The quantitative estimate of drug-likeness (QED) is 0.365. The number of para-hydroxylation sites is 1. The zero-order valence-corrected chi connectivity index (χ0v) is 11.0. The normalized spacial score (nSPS) is 11.0. The standard InChI is InChI=1S/C13H11N3O5/c1-8(15)10(6-14)12(17)7-21-13(18)9-4-2-3-5-11(9)16(19)20/h2-5,10,15H,7H2,1H3. The third-order valence-electron chi connectivity index (χ3n) is 2.55. The van der Waals surface area contributed by atoms with Crippen molar-refractivity contribution in [3.05, 3.63) is 39.9 Å². The van der Waals surface area contributed by atoms with Gasteiger partial charge in [0.25, 0.3) is 5.69 Å². The molecule has 1 aromatic rings. The fourth-order valence-corrected chi connectivity index (χ4v) is 1.51. The van der Waals surface area contributed by atoms with Crippen LogP contribution in [0.25, 0.3) is 0 Å². The number of rotatable bonds is 6. The van der Waals surface area contributed by atoms with E-state index in [2.05, 4.69) is 4.74 Å². The molecule has 0 spiro atoms. The molecule has 1 aromatic carbocycles. The highest BCUT2D eigenvalue weighted by Gasteiger charge is 2.24.